The van der Waals surface area contributed by atoms with E-state index in [1.807, 2.05) is 18.2 Å². The van der Waals surface area contributed by atoms with Crippen LogP contribution in [0.5, 0.6) is 11.5 Å². The highest BCUT2D eigenvalue weighted by molar-refractivity contribution is 6.19. The van der Waals surface area contributed by atoms with E-state index in [0.717, 1.165) is 16.3 Å². The first-order valence-corrected chi connectivity index (χ1v) is 16.4. The zero-order valence-electron chi connectivity index (χ0n) is 27.0. The van der Waals surface area contributed by atoms with Gasteiger partial charge >= 0.3 is 0 Å². The monoisotopic (exact) mass is 691 g/mol. The van der Waals surface area contributed by atoms with Gasteiger partial charge in [0.1, 0.15) is 17.2 Å². The Balaban J connectivity index is 1.08. The van der Waals surface area contributed by atoms with Gasteiger partial charge in [-0.1, -0.05) is 17.3 Å². The highest BCUT2D eigenvalue weighted by Crippen LogP contribution is 2.48. The summed E-state index contributed by atoms with van der Waals surface area (Å²) in [5.74, 6) is 0.0812. The summed E-state index contributed by atoms with van der Waals surface area (Å²) in [6, 6.07) is 14.1. The second-order valence-corrected chi connectivity index (χ2v) is 11.7. The summed E-state index contributed by atoms with van der Waals surface area (Å²) in [4.78, 5) is 31.7. The van der Waals surface area contributed by atoms with Crippen LogP contribution in [0.25, 0.3) is 21.7 Å². The number of halogens is 1. The minimum absolute atomic E-state index is 0.0493. The number of H-pyrrole nitrogens is 1. The molecule has 1 unspecified atom stereocenters. The molecule has 1 atom stereocenters. The van der Waals surface area contributed by atoms with Crippen LogP contribution in [-0.4, -0.2) is 103 Å². The van der Waals surface area contributed by atoms with Crippen LogP contribution >= 0.6 is 11.6 Å². The van der Waals surface area contributed by atoms with E-state index in [1.54, 1.807) is 48.5 Å². The van der Waals surface area contributed by atoms with E-state index in [9.17, 15) is 14.7 Å². The number of aromatic hydroxyl groups is 1. The predicted molar refractivity (Wildman–Crippen MR) is 185 cm³/mol. The number of hydrogen-bond acceptors (Lipinski definition) is 10. The molecule has 0 fully saturated rings. The number of methoxy groups -OCH3 is 1. The van der Waals surface area contributed by atoms with Gasteiger partial charge in [-0.05, 0) is 35.9 Å². The lowest BCUT2D eigenvalue weighted by molar-refractivity contribution is 0.0141. The molecule has 2 aromatic heterocycles. The van der Waals surface area contributed by atoms with Gasteiger partial charge < -0.3 is 45.0 Å². The number of carbonyl (C=O) groups is 2. The van der Waals surface area contributed by atoms with Crippen molar-refractivity contribution in [3.8, 4) is 11.5 Å². The predicted octanol–water partition coefficient (Wildman–Crippen LogP) is 3.87. The summed E-state index contributed by atoms with van der Waals surface area (Å²) >= 11 is 6.41. The van der Waals surface area contributed by atoms with Gasteiger partial charge in [0.15, 0.2) is 5.69 Å². The molecule has 258 valence electrons. The first-order chi connectivity index (χ1) is 23.9. The quantitative estimate of drug-likeness (QED) is 0.0877. The number of aromatic amines is 1. The Labute approximate surface area is 287 Å². The fourth-order valence-electron chi connectivity index (χ4n) is 5.93. The van der Waals surface area contributed by atoms with Crippen LogP contribution < -0.4 is 20.7 Å². The van der Waals surface area contributed by atoms with Gasteiger partial charge in [0.05, 0.1) is 65.2 Å². The molecule has 0 saturated carbocycles. The van der Waals surface area contributed by atoms with E-state index in [2.05, 4.69) is 20.6 Å². The Bertz CT molecular complexity index is 1950. The van der Waals surface area contributed by atoms with Crippen LogP contribution in [-0.2, 0) is 20.8 Å². The minimum Gasteiger partial charge on any atom is -0.507 e. The lowest BCUT2D eigenvalue weighted by atomic mass is 9.94. The molecule has 14 nitrogen and oxygen atoms in total. The summed E-state index contributed by atoms with van der Waals surface area (Å²) in [6.45, 7) is 3.97. The molecule has 0 aliphatic carbocycles. The molecule has 0 bridgehead atoms. The average molecular weight is 692 g/mol. The van der Waals surface area contributed by atoms with Crippen LogP contribution in [0.2, 0.25) is 0 Å². The lowest BCUT2D eigenvalue weighted by Crippen LogP contribution is -2.30. The molecular formula is C34H38ClN7O7. The normalized spacial score (nSPS) is 14.1. The number of ether oxygens (including phenoxy) is 4. The van der Waals surface area contributed by atoms with Gasteiger partial charge in [-0.15, -0.1) is 16.7 Å². The Morgan fingerprint density at radius 1 is 1.06 bits per heavy atom. The molecule has 15 heteroatoms. The van der Waals surface area contributed by atoms with Crippen LogP contribution in [0, 0.1) is 0 Å². The third-order valence-corrected chi connectivity index (χ3v) is 8.60. The van der Waals surface area contributed by atoms with Crippen LogP contribution in [0.4, 0.5) is 11.4 Å². The van der Waals surface area contributed by atoms with Crippen molar-refractivity contribution in [3.63, 3.8) is 0 Å². The van der Waals surface area contributed by atoms with Crippen molar-refractivity contribution in [3.05, 3.63) is 71.7 Å². The SMILES string of the molecule is COc1cccc2c(O)cc3c(c12)C(CCl)CN3C(=O)c1cc2cc(NC(=O)c3cn(CCOCCOCCOCCN)nn3)ccc2[nH]1. The van der Waals surface area contributed by atoms with E-state index in [0.29, 0.717) is 93.0 Å². The fourth-order valence-corrected chi connectivity index (χ4v) is 6.18. The fraction of sp³-hybridized carbons (Fsp3) is 0.353. The van der Waals surface area contributed by atoms with Gasteiger partial charge in [0.2, 0.25) is 0 Å². The summed E-state index contributed by atoms with van der Waals surface area (Å²) < 4.78 is 23.4. The second-order valence-electron chi connectivity index (χ2n) is 11.4. The van der Waals surface area contributed by atoms with E-state index in [1.165, 1.54) is 4.68 Å². The number of phenols is 1. The topological polar surface area (TPSA) is 179 Å². The molecule has 0 saturated heterocycles. The second kappa shape index (κ2) is 15.7. The maximum Gasteiger partial charge on any atom is 0.277 e. The maximum atomic E-state index is 13.9. The number of alkyl halides is 1. The smallest absolute Gasteiger partial charge is 0.277 e. The van der Waals surface area contributed by atoms with Crippen LogP contribution in [0.3, 0.4) is 0 Å². The highest BCUT2D eigenvalue weighted by atomic mass is 35.5. The van der Waals surface area contributed by atoms with E-state index >= 15 is 0 Å². The molecule has 1 aliphatic heterocycles. The number of hydrogen-bond donors (Lipinski definition) is 4. The van der Waals surface area contributed by atoms with Crippen molar-refractivity contribution in [2.45, 2.75) is 12.5 Å². The van der Waals surface area contributed by atoms with Crippen molar-refractivity contribution in [2.75, 3.05) is 75.9 Å². The molecule has 3 heterocycles. The molecule has 2 amide bonds. The van der Waals surface area contributed by atoms with Crippen LogP contribution in [0.15, 0.2) is 54.7 Å². The lowest BCUT2D eigenvalue weighted by Gasteiger charge is -2.18. The number of carbonyl (C=O) groups excluding carboxylic acids is 2. The highest BCUT2D eigenvalue weighted by Gasteiger charge is 2.36. The van der Waals surface area contributed by atoms with Gasteiger partial charge in [0.25, 0.3) is 11.8 Å². The Morgan fingerprint density at radius 3 is 2.59 bits per heavy atom. The van der Waals surface area contributed by atoms with Crippen molar-refractivity contribution in [1.82, 2.24) is 20.0 Å². The number of anilines is 2. The van der Waals surface area contributed by atoms with Gasteiger partial charge in [-0.2, -0.15) is 0 Å². The van der Waals surface area contributed by atoms with E-state index in [-0.39, 0.29) is 29.1 Å². The summed E-state index contributed by atoms with van der Waals surface area (Å²) in [5, 5.41) is 23.8. The molecule has 1 aliphatic rings. The van der Waals surface area contributed by atoms with Gasteiger partial charge in [0, 0.05) is 58.3 Å². The zero-order chi connectivity index (χ0) is 34.3. The van der Waals surface area contributed by atoms with Crippen molar-refractivity contribution in [1.29, 1.82) is 0 Å². The van der Waals surface area contributed by atoms with Crippen molar-refractivity contribution in [2.24, 2.45) is 5.73 Å². The third-order valence-electron chi connectivity index (χ3n) is 8.23. The zero-order valence-corrected chi connectivity index (χ0v) is 27.7. The average Bonchev–Trinajstić information content (AvgIpc) is 3.85. The van der Waals surface area contributed by atoms with E-state index < -0.39 is 5.91 Å². The molecule has 6 rings (SSSR count). The number of rotatable bonds is 16. The standard InChI is InChI=1S/C34H38ClN7O7/c1-46-30-4-2-3-24-29(43)17-28-31(32(24)30)22(18-35)19-42(28)34(45)26-16-21-15-23(5-6-25(21)38-26)37-33(44)27-20-41(40-39-27)8-10-48-12-14-49-13-11-47-9-7-36/h2-6,15-17,20,22,38,43H,7-14,18-19,36H2,1H3,(H,37,44). The number of nitrogens with zero attached hydrogens (tertiary/aromatic N) is 4. The first-order valence-electron chi connectivity index (χ1n) is 15.9. The number of aromatic nitrogens is 4. The molecule has 49 heavy (non-hydrogen) atoms. The first kappa shape index (κ1) is 34.1. The molecule has 0 spiro atoms. The Hall–Kier alpha value is -4.73. The summed E-state index contributed by atoms with van der Waals surface area (Å²) in [6.07, 6.45) is 1.55. The minimum atomic E-state index is -0.424. The summed E-state index contributed by atoms with van der Waals surface area (Å²) in [5.41, 5.74) is 8.57. The van der Waals surface area contributed by atoms with E-state index in [4.69, 9.17) is 36.3 Å². The van der Waals surface area contributed by atoms with Crippen molar-refractivity contribution < 1.29 is 33.6 Å². The Morgan fingerprint density at radius 2 is 1.84 bits per heavy atom. The number of benzene rings is 3. The largest absolute Gasteiger partial charge is 0.507 e. The number of phenolic OH excluding ortho intramolecular Hbond substituents is 1. The van der Waals surface area contributed by atoms with Crippen LogP contribution in [0.1, 0.15) is 32.5 Å². The third kappa shape index (κ3) is 7.48. The molecule has 0 radical (unpaired) electrons. The van der Waals surface area contributed by atoms with Gasteiger partial charge in [-0.25, -0.2) is 4.68 Å². The molecule has 3 aromatic carbocycles. The van der Waals surface area contributed by atoms with Crippen molar-refractivity contribution >= 4 is 56.5 Å². The number of fused-ring (bicyclic) bond motifs is 4. The Kier molecular flexibility index (Phi) is 10.9. The maximum absolute atomic E-state index is 13.9. The number of nitrogens with one attached hydrogen (secondary N) is 2. The number of amides is 2. The molecule has 5 aromatic rings. The summed E-state index contributed by atoms with van der Waals surface area (Å²) in [7, 11) is 1.57. The number of nitrogens with two attached hydrogens (primary N) is 1. The molecular weight excluding hydrogens is 654 g/mol. The molecule has 5 N–H and O–H groups in total. The van der Waals surface area contributed by atoms with Gasteiger partial charge in [-0.3, -0.25) is 9.59 Å².